The van der Waals surface area contributed by atoms with E-state index in [2.05, 4.69) is 21.2 Å². The van der Waals surface area contributed by atoms with Gasteiger partial charge in [-0.25, -0.2) is 14.4 Å². The maximum absolute atomic E-state index is 12.3. The van der Waals surface area contributed by atoms with Crippen LogP contribution in [0.1, 0.15) is 29.4 Å². The molecule has 1 saturated heterocycles. The van der Waals surface area contributed by atoms with Crippen molar-refractivity contribution in [3.8, 4) is 16.2 Å². The second-order valence-corrected chi connectivity index (χ2v) is 9.26. The van der Waals surface area contributed by atoms with Crippen molar-refractivity contribution in [2.45, 2.75) is 25.8 Å². The Morgan fingerprint density at radius 2 is 1.91 bits per heavy atom. The minimum Gasteiger partial charge on any atom is -0.479 e. The molecule has 0 radical (unpaired) electrons. The zero-order valence-electron chi connectivity index (χ0n) is 19.2. The van der Waals surface area contributed by atoms with E-state index >= 15 is 0 Å². The number of piperidine rings is 1. The van der Waals surface area contributed by atoms with Crippen LogP contribution in [0.5, 0.6) is 5.75 Å². The average Bonchev–Trinajstić information content (AvgIpc) is 3.18. The fraction of sp³-hybridized carbons (Fsp3) is 0.435. The molecule has 0 atom stereocenters. The van der Waals surface area contributed by atoms with Crippen LogP contribution >= 0.6 is 27.3 Å². The number of halogens is 1. The summed E-state index contributed by atoms with van der Waals surface area (Å²) in [7, 11) is 2.68. The first-order valence-corrected chi connectivity index (χ1v) is 12.4. The van der Waals surface area contributed by atoms with Crippen LogP contribution in [0.2, 0.25) is 0 Å². The van der Waals surface area contributed by atoms with Crippen LogP contribution in [0.3, 0.4) is 0 Å². The van der Waals surface area contributed by atoms with Gasteiger partial charge in [-0.1, -0.05) is 12.1 Å². The van der Waals surface area contributed by atoms with Crippen molar-refractivity contribution < 1.29 is 33.3 Å². The second-order valence-electron chi connectivity index (χ2n) is 7.45. The fourth-order valence-electron chi connectivity index (χ4n) is 3.59. The number of carbonyl (C=O) groups excluding carboxylic acids is 3. The molecule has 1 fully saturated rings. The maximum atomic E-state index is 12.3. The number of nitrogens with one attached hydrogen (secondary N) is 1. The summed E-state index contributed by atoms with van der Waals surface area (Å²) >= 11 is 4.74. The van der Waals surface area contributed by atoms with Gasteiger partial charge in [-0.05, 0) is 53.4 Å². The van der Waals surface area contributed by atoms with Crippen molar-refractivity contribution in [3.05, 3.63) is 33.6 Å². The zero-order valence-corrected chi connectivity index (χ0v) is 21.6. The Morgan fingerprint density at radius 3 is 2.56 bits per heavy atom. The molecule has 1 aliphatic rings. The summed E-state index contributed by atoms with van der Waals surface area (Å²) in [5, 5.41) is 3.52. The molecule has 2 heterocycles. The highest BCUT2D eigenvalue weighted by molar-refractivity contribution is 9.10. The number of hydrogen-bond acceptors (Lipinski definition) is 9. The molecule has 1 aliphatic heterocycles. The summed E-state index contributed by atoms with van der Waals surface area (Å²) in [6.07, 6.45) is 1.31. The topological polar surface area (TPSA) is 103 Å². The molecule has 9 nitrogen and oxygen atoms in total. The first-order chi connectivity index (χ1) is 16.4. The number of benzene rings is 1. The van der Waals surface area contributed by atoms with E-state index < -0.39 is 11.9 Å². The number of hydrogen-bond donors (Lipinski definition) is 1. The van der Waals surface area contributed by atoms with Crippen molar-refractivity contribution in [1.29, 1.82) is 0 Å². The van der Waals surface area contributed by atoms with Gasteiger partial charge in [0, 0.05) is 24.8 Å². The summed E-state index contributed by atoms with van der Waals surface area (Å²) < 4.78 is 20.8. The molecule has 0 unspecified atom stereocenters. The quantitative estimate of drug-likeness (QED) is 0.374. The number of esters is 2. The van der Waals surface area contributed by atoms with Crippen LogP contribution in [0.15, 0.2) is 28.7 Å². The van der Waals surface area contributed by atoms with Gasteiger partial charge in [-0.3, -0.25) is 0 Å². The van der Waals surface area contributed by atoms with Crippen molar-refractivity contribution in [3.63, 3.8) is 0 Å². The molecular formula is C23H27BrN2O7S. The molecule has 0 spiro atoms. The lowest BCUT2D eigenvalue weighted by Gasteiger charge is -2.31. The van der Waals surface area contributed by atoms with E-state index in [9.17, 15) is 14.4 Å². The van der Waals surface area contributed by atoms with Crippen LogP contribution in [-0.2, 0) is 19.0 Å². The highest BCUT2D eigenvalue weighted by atomic mass is 79.9. The summed E-state index contributed by atoms with van der Waals surface area (Å²) in [6, 6.07) is 8.02. The van der Waals surface area contributed by atoms with Gasteiger partial charge in [0.1, 0.15) is 0 Å². The second kappa shape index (κ2) is 12.1. The van der Waals surface area contributed by atoms with Crippen molar-refractivity contribution >= 4 is 51.0 Å². The minimum atomic E-state index is -0.553. The third-order valence-electron chi connectivity index (χ3n) is 5.24. The molecule has 0 aliphatic carbocycles. The number of carbonyl (C=O) groups is 3. The Bertz CT molecular complexity index is 1030. The van der Waals surface area contributed by atoms with Gasteiger partial charge in [0.25, 0.3) is 0 Å². The predicted molar refractivity (Wildman–Crippen MR) is 132 cm³/mol. The molecule has 1 aromatic heterocycles. The summed E-state index contributed by atoms with van der Waals surface area (Å²) in [5.41, 5.74) is 1.79. The molecule has 1 amide bonds. The van der Waals surface area contributed by atoms with Crippen LogP contribution in [0, 0.1) is 0 Å². The zero-order chi connectivity index (χ0) is 24.7. The van der Waals surface area contributed by atoms with E-state index in [-0.39, 0.29) is 36.0 Å². The molecule has 34 heavy (non-hydrogen) atoms. The number of methoxy groups -OCH3 is 2. The van der Waals surface area contributed by atoms with Crippen molar-refractivity contribution in [2.24, 2.45) is 0 Å². The summed E-state index contributed by atoms with van der Waals surface area (Å²) in [6.45, 7) is 2.89. The number of thiophene rings is 1. The van der Waals surface area contributed by atoms with Gasteiger partial charge in [0.05, 0.1) is 30.2 Å². The molecule has 1 N–H and O–H groups in total. The smallest absolute Gasteiger partial charge is 0.409 e. The molecule has 1 aromatic carbocycles. The number of ether oxygens (including phenoxy) is 4. The third-order valence-corrected chi connectivity index (χ3v) is 7.46. The van der Waals surface area contributed by atoms with Gasteiger partial charge in [-0.15, -0.1) is 11.3 Å². The molecule has 2 aromatic rings. The van der Waals surface area contributed by atoms with Gasteiger partial charge in [-0.2, -0.15) is 0 Å². The molecule has 0 saturated carbocycles. The molecule has 0 bridgehead atoms. The minimum absolute atomic E-state index is 0.219. The van der Waals surface area contributed by atoms with E-state index in [4.69, 9.17) is 18.9 Å². The van der Waals surface area contributed by atoms with E-state index in [0.717, 1.165) is 29.0 Å². The lowest BCUT2D eigenvalue weighted by molar-refractivity contribution is -0.145. The van der Waals surface area contributed by atoms with Crippen LogP contribution < -0.4 is 10.1 Å². The Balaban J connectivity index is 1.78. The monoisotopic (exact) mass is 554 g/mol. The lowest BCUT2D eigenvalue weighted by Crippen LogP contribution is -2.42. The van der Waals surface area contributed by atoms with Gasteiger partial charge < -0.3 is 29.2 Å². The summed E-state index contributed by atoms with van der Waals surface area (Å²) in [4.78, 5) is 38.5. The van der Waals surface area contributed by atoms with Crippen molar-refractivity contribution in [1.82, 2.24) is 4.90 Å². The standard InChI is InChI=1S/C23H27BrN2O7S/c1-4-32-17(27)13-33-19-18(24)20(34-21(19)22(28)30-2)14-6-5-7-16(12-14)25-15-8-10-26(11-9-15)23(29)31-3/h5-7,12,15,25H,4,8-11,13H2,1-3H3. The third kappa shape index (κ3) is 6.20. The van der Waals surface area contributed by atoms with E-state index in [0.29, 0.717) is 17.6 Å². The number of nitrogens with zero attached hydrogens (tertiary/aromatic N) is 1. The van der Waals surface area contributed by atoms with Crippen LogP contribution in [0.25, 0.3) is 10.4 Å². The first kappa shape index (κ1) is 25.8. The van der Waals surface area contributed by atoms with Crippen molar-refractivity contribution in [2.75, 3.05) is 45.8 Å². The van der Waals surface area contributed by atoms with E-state index in [1.807, 2.05) is 24.3 Å². The SMILES string of the molecule is CCOC(=O)COc1c(C(=O)OC)sc(-c2cccc(NC3CCN(C(=O)OC)CC3)c2)c1Br. The number of anilines is 1. The van der Waals surface area contributed by atoms with Crippen LogP contribution in [-0.4, -0.2) is 69.5 Å². The number of rotatable bonds is 8. The molecular weight excluding hydrogens is 528 g/mol. The highest BCUT2D eigenvalue weighted by Crippen LogP contribution is 2.46. The summed E-state index contributed by atoms with van der Waals surface area (Å²) in [5.74, 6) is -0.835. The Morgan fingerprint density at radius 1 is 1.18 bits per heavy atom. The van der Waals surface area contributed by atoms with Crippen LogP contribution in [0.4, 0.5) is 10.5 Å². The van der Waals surface area contributed by atoms with Gasteiger partial charge in [0.15, 0.2) is 17.2 Å². The molecule has 3 rings (SSSR count). The predicted octanol–water partition coefficient (Wildman–Crippen LogP) is 4.55. The lowest BCUT2D eigenvalue weighted by atomic mass is 10.0. The Hall–Kier alpha value is -2.79. The molecule has 11 heteroatoms. The first-order valence-electron chi connectivity index (χ1n) is 10.8. The Labute approximate surface area is 210 Å². The number of amides is 1. The van der Waals surface area contributed by atoms with E-state index in [1.165, 1.54) is 25.6 Å². The highest BCUT2D eigenvalue weighted by Gasteiger charge is 2.26. The Kier molecular flexibility index (Phi) is 9.17. The maximum Gasteiger partial charge on any atom is 0.409 e. The fourth-order valence-corrected chi connectivity index (χ4v) is 5.56. The molecule has 184 valence electrons. The van der Waals surface area contributed by atoms with E-state index in [1.54, 1.807) is 11.8 Å². The normalized spacial score (nSPS) is 13.8. The van der Waals surface area contributed by atoms with Gasteiger partial charge in [0.2, 0.25) is 0 Å². The largest absolute Gasteiger partial charge is 0.479 e. The van der Waals surface area contributed by atoms with Gasteiger partial charge >= 0.3 is 18.0 Å². The number of likely N-dealkylation sites (tertiary alicyclic amines) is 1. The average molecular weight is 555 g/mol.